The zero-order chi connectivity index (χ0) is 14.4. The van der Waals surface area contributed by atoms with E-state index in [1.54, 1.807) is 0 Å². The molecule has 9 nitrogen and oxygen atoms in total. The number of nitrogens with zero attached hydrogens (tertiary/aromatic N) is 3. The van der Waals surface area contributed by atoms with Crippen molar-refractivity contribution in [2.75, 3.05) is 12.3 Å². The van der Waals surface area contributed by atoms with Gasteiger partial charge in [0, 0.05) is 0 Å². The topological polar surface area (TPSA) is 150 Å². The van der Waals surface area contributed by atoms with E-state index in [0.717, 1.165) is 0 Å². The van der Waals surface area contributed by atoms with Gasteiger partial charge in [0.15, 0.2) is 11.5 Å². The first-order chi connectivity index (χ1) is 9.47. The fourth-order valence-corrected chi connectivity index (χ4v) is 2.09. The predicted molar refractivity (Wildman–Crippen MR) is 62.8 cm³/mol. The van der Waals surface area contributed by atoms with Crippen molar-refractivity contribution in [3.05, 3.63) is 11.9 Å². The van der Waals surface area contributed by atoms with Crippen LogP contribution in [0, 0.1) is 6.08 Å². The summed E-state index contributed by atoms with van der Waals surface area (Å²) >= 11 is 0. The van der Waals surface area contributed by atoms with Gasteiger partial charge in [0.05, 0.1) is 6.61 Å². The summed E-state index contributed by atoms with van der Waals surface area (Å²) in [5.41, 5.74) is 5.72. The molecule has 2 aromatic heterocycles. The first kappa shape index (κ1) is 13.1. The van der Waals surface area contributed by atoms with Crippen molar-refractivity contribution in [3.8, 4) is 0 Å². The molecule has 0 aliphatic carbocycles. The summed E-state index contributed by atoms with van der Waals surface area (Å²) in [4.78, 5) is 13.5. The summed E-state index contributed by atoms with van der Waals surface area (Å²) in [6, 6.07) is 0. The number of hydrogen-bond donors (Lipinski definition) is 5. The van der Waals surface area contributed by atoms with E-state index in [-0.39, 0.29) is 29.4 Å². The Morgan fingerprint density at radius 2 is 1.95 bits per heavy atom. The molecule has 0 radical (unpaired) electrons. The molecule has 20 heavy (non-hydrogen) atoms. The monoisotopic (exact) mass is 285 g/mol. The van der Waals surface area contributed by atoms with Crippen LogP contribution in [-0.2, 0) is 4.74 Å². The second-order valence-corrected chi connectivity index (χ2v) is 4.50. The number of hydrogen-bond acceptors (Lipinski definition) is 8. The Bertz CT molecular complexity index is 650. The Labute approximate surface area is 111 Å². The molecular weight excluding hydrogens is 273 g/mol. The zero-order valence-electron chi connectivity index (χ0n) is 10.1. The Morgan fingerprint density at radius 3 is 2.70 bits per heavy atom. The minimum atomic E-state index is -1.39. The van der Waals surface area contributed by atoms with Crippen molar-refractivity contribution >= 4 is 17.0 Å². The van der Waals surface area contributed by atoms with Crippen LogP contribution in [0.1, 0.15) is 11.9 Å². The number of nitrogens with one attached hydrogen (secondary N) is 1. The van der Waals surface area contributed by atoms with Gasteiger partial charge in [0.1, 0.15) is 35.8 Å². The second kappa shape index (κ2) is 4.59. The third kappa shape index (κ3) is 1.98. The summed E-state index contributed by atoms with van der Waals surface area (Å²) in [5.74, 6) is -0.0119. The van der Waals surface area contributed by atoms with E-state index in [9.17, 15) is 19.7 Å². The Morgan fingerprint density at radius 1 is 1.20 bits per heavy atom. The number of nitrogen functional groups attached to an aromatic ring is 1. The number of anilines is 1. The SMILES string of the molecule is Nc1nc(F)nc2nc([C@@H]3OC[C@@H](O)[C@@H](O)[C@@H]3O)[nH]c12. The standard InChI is InChI=1S/C10H12FN5O4/c11-10-14-7(12)3-8(16-10)15-9(13-3)6-5(19)4(18)2(17)1-20-6/h2,4-6,17-19H,1H2,(H3,12,13,14,15,16)/t2-,4-,5+,6-/m1/s1. The fraction of sp³-hybridized carbons (Fsp3) is 0.500. The van der Waals surface area contributed by atoms with Gasteiger partial charge in [-0.3, -0.25) is 0 Å². The quantitative estimate of drug-likeness (QED) is 0.386. The summed E-state index contributed by atoms with van der Waals surface area (Å²) in [7, 11) is 0. The van der Waals surface area contributed by atoms with E-state index in [2.05, 4.69) is 19.9 Å². The second-order valence-electron chi connectivity index (χ2n) is 4.50. The largest absolute Gasteiger partial charge is 0.388 e. The summed E-state index contributed by atoms with van der Waals surface area (Å²) in [6.45, 7) is -0.171. The fourth-order valence-electron chi connectivity index (χ4n) is 2.09. The average Bonchev–Trinajstić information content (AvgIpc) is 2.80. The summed E-state index contributed by atoms with van der Waals surface area (Å²) in [5, 5.41) is 28.9. The molecule has 0 aromatic carbocycles. The highest BCUT2D eigenvalue weighted by molar-refractivity contribution is 5.81. The van der Waals surface area contributed by atoms with Crippen molar-refractivity contribution < 1.29 is 24.4 Å². The first-order valence-corrected chi connectivity index (χ1v) is 5.82. The van der Waals surface area contributed by atoms with E-state index in [1.807, 2.05) is 0 Å². The molecule has 3 heterocycles. The molecule has 4 atom stereocenters. The molecule has 0 amide bonds. The summed E-state index contributed by atoms with van der Waals surface area (Å²) in [6.07, 6.45) is -5.98. The van der Waals surface area contributed by atoms with Crippen LogP contribution < -0.4 is 5.73 Å². The van der Waals surface area contributed by atoms with E-state index >= 15 is 0 Å². The van der Waals surface area contributed by atoms with Crippen LogP contribution in [-0.4, -0.2) is 60.2 Å². The highest BCUT2D eigenvalue weighted by Crippen LogP contribution is 2.29. The van der Waals surface area contributed by atoms with Crippen molar-refractivity contribution in [2.45, 2.75) is 24.4 Å². The number of rotatable bonds is 1. The van der Waals surface area contributed by atoms with E-state index < -0.39 is 30.5 Å². The van der Waals surface area contributed by atoms with Crippen LogP contribution in [0.4, 0.5) is 10.2 Å². The number of imidazole rings is 1. The maximum atomic E-state index is 13.0. The number of ether oxygens (including phenoxy) is 1. The van der Waals surface area contributed by atoms with Crippen LogP contribution in [0.5, 0.6) is 0 Å². The van der Waals surface area contributed by atoms with Crippen LogP contribution in [0.3, 0.4) is 0 Å². The summed E-state index contributed by atoms with van der Waals surface area (Å²) < 4.78 is 18.3. The highest BCUT2D eigenvalue weighted by Gasteiger charge is 2.40. The molecule has 1 aliphatic rings. The van der Waals surface area contributed by atoms with E-state index in [1.165, 1.54) is 0 Å². The highest BCUT2D eigenvalue weighted by atomic mass is 19.1. The number of aromatic amines is 1. The third-order valence-electron chi connectivity index (χ3n) is 3.14. The van der Waals surface area contributed by atoms with Crippen LogP contribution in [0.15, 0.2) is 0 Å². The number of aliphatic hydroxyl groups is 3. The Hall–Kier alpha value is -1.88. The number of aromatic nitrogens is 4. The first-order valence-electron chi connectivity index (χ1n) is 5.82. The van der Waals surface area contributed by atoms with Gasteiger partial charge in [0.25, 0.3) is 0 Å². The smallest absolute Gasteiger partial charge is 0.312 e. The zero-order valence-corrected chi connectivity index (χ0v) is 10.1. The number of fused-ring (bicyclic) bond motifs is 1. The van der Waals surface area contributed by atoms with E-state index in [4.69, 9.17) is 10.5 Å². The van der Waals surface area contributed by atoms with E-state index in [0.29, 0.717) is 0 Å². The van der Waals surface area contributed by atoms with Gasteiger partial charge in [-0.1, -0.05) is 0 Å². The van der Waals surface area contributed by atoms with Gasteiger partial charge >= 0.3 is 6.08 Å². The normalized spacial score (nSPS) is 30.8. The maximum Gasteiger partial charge on any atom is 0.312 e. The number of nitrogens with two attached hydrogens (primary N) is 1. The van der Waals surface area contributed by atoms with Gasteiger partial charge in [-0.2, -0.15) is 14.4 Å². The molecule has 1 fully saturated rings. The lowest BCUT2D eigenvalue weighted by Gasteiger charge is -2.34. The molecular formula is C10H12FN5O4. The number of halogens is 1. The maximum absolute atomic E-state index is 13.0. The molecule has 1 aliphatic heterocycles. The lowest BCUT2D eigenvalue weighted by atomic mass is 10.00. The lowest BCUT2D eigenvalue weighted by molar-refractivity contribution is -0.191. The predicted octanol–water partition coefficient (Wildman–Crippen LogP) is -1.77. The van der Waals surface area contributed by atoms with Gasteiger partial charge in [-0.25, -0.2) is 4.98 Å². The molecule has 0 unspecified atom stereocenters. The Balaban J connectivity index is 2.00. The van der Waals surface area contributed by atoms with Crippen molar-refractivity contribution in [1.82, 2.24) is 19.9 Å². The minimum absolute atomic E-state index is 0.0126. The molecule has 10 heteroatoms. The van der Waals surface area contributed by atoms with Gasteiger partial charge in [-0.15, -0.1) is 0 Å². The molecule has 0 saturated carbocycles. The molecule has 3 rings (SSSR count). The van der Waals surface area contributed by atoms with Crippen molar-refractivity contribution in [1.29, 1.82) is 0 Å². The lowest BCUT2D eigenvalue weighted by Crippen LogP contribution is -2.49. The molecule has 2 aromatic rings. The average molecular weight is 285 g/mol. The van der Waals surface area contributed by atoms with Gasteiger partial charge in [-0.05, 0) is 0 Å². The molecule has 1 saturated heterocycles. The molecule has 0 bridgehead atoms. The molecule has 108 valence electrons. The van der Waals surface area contributed by atoms with Gasteiger partial charge < -0.3 is 30.8 Å². The number of aliphatic hydroxyl groups excluding tert-OH is 3. The van der Waals surface area contributed by atoms with Crippen molar-refractivity contribution in [2.24, 2.45) is 0 Å². The van der Waals surface area contributed by atoms with Crippen molar-refractivity contribution in [3.63, 3.8) is 0 Å². The molecule has 6 N–H and O–H groups in total. The van der Waals surface area contributed by atoms with Crippen LogP contribution >= 0.6 is 0 Å². The van der Waals surface area contributed by atoms with Gasteiger partial charge in [0.2, 0.25) is 0 Å². The number of H-pyrrole nitrogens is 1. The molecule has 0 spiro atoms. The van der Waals surface area contributed by atoms with Crippen LogP contribution in [0.2, 0.25) is 0 Å². The third-order valence-corrected chi connectivity index (χ3v) is 3.14. The minimum Gasteiger partial charge on any atom is -0.388 e. The van der Waals surface area contributed by atoms with Crippen LogP contribution in [0.25, 0.3) is 11.2 Å². The Kier molecular flexibility index (Phi) is 3.01.